The zero-order chi connectivity index (χ0) is 18.1. The van der Waals surface area contributed by atoms with E-state index in [0.29, 0.717) is 23.3 Å². The maximum Gasteiger partial charge on any atom is 0.273 e. The number of hydrogen-bond acceptors (Lipinski definition) is 5. The first-order valence-electron chi connectivity index (χ1n) is 7.95. The quantitative estimate of drug-likeness (QED) is 0.644. The third kappa shape index (κ3) is 3.48. The molecule has 5 nitrogen and oxygen atoms in total. The summed E-state index contributed by atoms with van der Waals surface area (Å²) in [5.41, 5.74) is 1.75. The van der Waals surface area contributed by atoms with Crippen LogP contribution in [0.4, 0.5) is 0 Å². The lowest BCUT2D eigenvalue weighted by molar-refractivity contribution is 0.0759. The van der Waals surface area contributed by atoms with E-state index in [-0.39, 0.29) is 11.0 Å². The number of aromatic nitrogens is 1. The molecule has 0 spiro atoms. The van der Waals surface area contributed by atoms with Crippen LogP contribution < -0.4 is 4.74 Å². The molecule has 8 heteroatoms. The molecule has 26 heavy (non-hydrogen) atoms. The Morgan fingerprint density at radius 1 is 1.12 bits per heavy atom. The first-order valence-corrected chi connectivity index (χ1v) is 10.6. The van der Waals surface area contributed by atoms with Gasteiger partial charge in [-0.1, -0.05) is 47.2 Å². The van der Waals surface area contributed by atoms with E-state index < -0.39 is 10.0 Å². The van der Waals surface area contributed by atoms with Crippen LogP contribution in [0.1, 0.15) is 0 Å². The second-order valence-electron chi connectivity index (χ2n) is 5.89. The summed E-state index contributed by atoms with van der Waals surface area (Å²) in [5, 5.41) is 3.03. The van der Waals surface area contributed by atoms with Crippen molar-refractivity contribution in [2.24, 2.45) is 0 Å². The van der Waals surface area contributed by atoms with Gasteiger partial charge >= 0.3 is 0 Å². The standard InChI is InChI=1S/C18H15ClN2O3S2/c19-15-6-4-13(5-7-15)14-2-1-3-17(10-14)26(22,23)21-11-16(12-21)24-18-20-8-9-25-18/h1-10,16H,11-12H2. The largest absolute Gasteiger partial charge is 0.464 e. The summed E-state index contributed by atoms with van der Waals surface area (Å²) in [5.74, 6) is 0. The van der Waals surface area contributed by atoms with Gasteiger partial charge in [-0.05, 0) is 35.4 Å². The molecule has 0 unspecified atom stereocenters. The summed E-state index contributed by atoms with van der Waals surface area (Å²) in [6.07, 6.45) is 1.51. The fourth-order valence-corrected chi connectivity index (χ4v) is 4.94. The molecule has 0 bridgehead atoms. The smallest absolute Gasteiger partial charge is 0.273 e. The highest BCUT2D eigenvalue weighted by atomic mass is 35.5. The summed E-state index contributed by atoms with van der Waals surface area (Å²) >= 11 is 7.31. The number of benzene rings is 2. The van der Waals surface area contributed by atoms with Crippen LogP contribution in [-0.4, -0.2) is 36.9 Å². The normalized spacial score (nSPS) is 15.6. The molecule has 1 aliphatic heterocycles. The molecular formula is C18H15ClN2O3S2. The van der Waals surface area contributed by atoms with E-state index in [4.69, 9.17) is 16.3 Å². The first kappa shape index (κ1) is 17.5. The molecule has 0 radical (unpaired) electrons. The Labute approximate surface area is 160 Å². The predicted octanol–water partition coefficient (Wildman–Crippen LogP) is 3.92. The van der Waals surface area contributed by atoms with Gasteiger partial charge in [-0.25, -0.2) is 13.4 Å². The molecule has 1 saturated heterocycles. The Hall–Kier alpha value is -1.93. The van der Waals surface area contributed by atoms with E-state index in [1.807, 2.05) is 23.6 Å². The third-order valence-corrected chi connectivity index (χ3v) is 6.88. The number of sulfonamides is 1. The van der Waals surface area contributed by atoms with Crippen molar-refractivity contribution in [3.05, 3.63) is 65.1 Å². The summed E-state index contributed by atoms with van der Waals surface area (Å²) in [6.45, 7) is 0.653. The van der Waals surface area contributed by atoms with Gasteiger partial charge in [0, 0.05) is 16.6 Å². The third-order valence-electron chi connectivity index (χ3n) is 4.14. The molecule has 1 aliphatic rings. The molecule has 2 aromatic carbocycles. The molecule has 0 saturated carbocycles. The molecule has 1 fully saturated rings. The van der Waals surface area contributed by atoms with Crippen molar-refractivity contribution in [2.45, 2.75) is 11.0 Å². The van der Waals surface area contributed by atoms with Gasteiger partial charge in [0.1, 0.15) is 6.10 Å². The first-order chi connectivity index (χ1) is 12.5. The van der Waals surface area contributed by atoms with Gasteiger partial charge in [0.05, 0.1) is 18.0 Å². The number of hydrogen-bond donors (Lipinski definition) is 0. The zero-order valence-electron chi connectivity index (χ0n) is 13.6. The van der Waals surface area contributed by atoms with Gasteiger partial charge in [-0.2, -0.15) is 4.31 Å². The lowest BCUT2D eigenvalue weighted by Gasteiger charge is -2.37. The van der Waals surface area contributed by atoms with E-state index in [2.05, 4.69) is 4.98 Å². The van der Waals surface area contributed by atoms with Crippen molar-refractivity contribution in [1.82, 2.24) is 9.29 Å². The number of thiazole rings is 1. The number of ether oxygens (including phenoxy) is 1. The van der Waals surface area contributed by atoms with Crippen molar-refractivity contribution < 1.29 is 13.2 Å². The number of nitrogens with zero attached hydrogens (tertiary/aromatic N) is 2. The minimum absolute atomic E-state index is 0.157. The zero-order valence-corrected chi connectivity index (χ0v) is 16.0. The van der Waals surface area contributed by atoms with Crippen LogP contribution in [0.2, 0.25) is 5.02 Å². The Balaban J connectivity index is 1.50. The van der Waals surface area contributed by atoms with E-state index in [9.17, 15) is 8.42 Å². The van der Waals surface area contributed by atoms with Crippen molar-refractivity contribution in [1.29, 1.82) is 0 Å². The van der Waals surface area contributed by atoms with Gasteiger partial charge in [0.15, 0.2) is 0 Å². The summed E-state index contributed by atoms with van der Waals surface area (Å²) < 4.78 is 32.7. The molecule has 0 atom stereocenters. The highest BCUT2D eigenvalue weighted by Gasteiger charge is 2.38. The Morgan fingerprint density at radius 3 is 2.58 bits per heavy atom. The topological polar surface area (TPSA) is 59.5 Å². The molecule has 2 heterocycles. The van der Waals surface area contributed by atoms with Crippen LogP contribution in [-0.2, 0) is 10.0 Å². The van der Waals surface area contributed by atoms with Gasteiger partial charge in [0.2, 0.25) is 10.0 Å². The second kappa shape index (κ2) is 7.00. The lowest BCUT2D eigenvalue weighted by atomic mass is 10.1. The fourth-order valence-electron chi connectivity index (χ4n) is 2.71. The molecule has 4 rings (SSSR count). The average Bonchev–Trinajstić information content (AvgIpc) is 3.11. The minimum Gasteiger partial charge on any atom is -0.464 e. The summed E-state index contributed by atoms with van der Waals surface area (Å²) in [7, 11) is -3.54. The number of rotatable bonds is 5. The van der Waals surface area contributed by atoms with Crippen LogP contribution in [0.15, 0.2) is 65.0 Å². The summed E-state index contributed by atoms with van der Waals surface area (Å²) in [4.78, 5) is 4.33. The predicted molar refractivity (Wildman–Crippen MR) is 102 cm³/mol. The maximum atomic E-state index is 12.8. The average molecular weight is 407 g/mol. The Bertz CT molecular complexity index is 999. The van der Waals surface area contributed by atoms with Crippen LogP contribution in [0.5, 0.6) is 5.19 Å². The van der Waals surface area contributed by atoms with Gasteiger partial charge in [0.25, 0.3) is 5.19 Å². The van der Waals surface area contributed by atoms with Crippen molar-refractivity contribution in [3.63, 3.8) is 0 Å². The van der Waals surface area contributed by atoms with E-state index in [0.717, 1.165) is 11.1 Å². The molecule has 0 N–H and O–H groups in total. The summed E-state index contributed by atoms with van der Waals surface area (Å²) in [6, 6.07) is 14.2. The monoisotopic (exact) mass is 406 g/mol. The second-order valence-corrected chi connectivity index (χ2v) is 9.13. The van der Waals surface area contributed by atoms with E-state index >= 15 is 0 Å². The SMILES string of the molecule is O=S(=O)(c1cccc(-c2ccc(Cl)cc2)c1)N1CC(Oc2nccs2)C1. The fraction of sp³-hybridized carbons (Fsp3) is 0.167. The van der Waals surface area contributed by atoms with Crippen molar-refractivity contribution in [2.75, 3.05) is 13.1 Å². The van der Waals surface area contributed by atoms with Crippen LogP contribution in [0.3, 0.4) is 0 Å². The molecule has 1 aromatic heterocycles. The van der Waals surface area contributed by atoms with E-state index in [1.165, 1.54) is 15.6 Å². The Kier molecular flexibility index (Phi) is 4.71. The Morgan fingerprint density at radius 2 is 1.88 bits per heavy atom. The van der Waals surface area contributed by atoms with Crippen LogP contribution >= 0.6 is 22.9 Å². The highest BCUT2D eigenvalue weighted by molar-refractivity contribution is 7.89. The highest BCUT2D eigenvalue weighted by Crippen LogP contribution is 2.29. The molecule has 0 aliphatic carbocycles. The molecule has 134 valence electrons. The van der Waals surface area contributed by atoms with Gasteiger partial charge in [-0.3, -0.25) is 0 Å². The lowest BCUT2D eigenvalue weighted by Crippen LogP contribution is -2.55. The van der Waals surface area contributed by atoms with E-state index in [1.54, 1.807) is 36.5 Å². The maximum absolute atomic E-state index is 12.8. The minimum atomic E-state index is -3.54. The van der Waals surface area contributed by atoms with Gasteiger partial charge < -0.3 is 4.74 Å². The van der Waals surface area contributed by atoms with Crippen molar-refractivity contribution in [3.8, 4) is 16.3 Å². The van der Waals surface area contributed by atoms with Crippen LogP contribution in [0.25, 0.3) is 11.1 Å². The number of halogens is 1. The van der Waals surface area contributed by atoms with Gasteiger partial charge in [-0.15, -0.1) is 0 Å². The molecule has 0 amide bonds. The van der Waals surface area contributed by atoms with Crippen molar-refractivity contribution >= 4 is 33.0 Å². The molecule has 3 aromatic rings. The molecular weight excluding hydrogens is 392 g/mol. The van der Waals surface area contributed by atoms with Crippen LogP contribution in [0, 0.1) is 0 Å².